The highest BCUT2D eigenvalue weighted by Gasteiger charge is 2.33. The molecule has 122 valence electrons. The summed E-state index contributed by atoms with van der Waals surface area (Å²) in [5, 5.41) is 7.45. The van der Waals surface area contributed by atoms with Crippen LogP contribution < -0.4 is 0 Å². The van der Waals surface area contributed by atoms with E-state index < -0.39 is 39.3 Å². The van der Waals surface area contributed by atoms with Crippen molar-refractivity contribution in [2.24, 2.45) is 5.92 Å². The van der Waals surface area contributed by atoms with Crippen LogP contribution in [0.15, 0.2) is 12.7 Å². The topological polar surface area (TPSA) is 118 Å². The molecule has 2 N–H and O–H groups in total. The van der Waals surface area contributed by atoms with Crippen LogP contribution in [0.2, 0.25) is 0 Å². The molecule has 0 radical (unpaired) electrons. The minimum absolute atomic E-state index is 0.0200. The third-order valence-corrected chi connectivity index (χ3v) is 4.61. The maximum absolute atomic E-state index is 11.3. The van der Waals surface area contributed by atoms with Gasteiger partial charge in [0, 0.05) is 18.4 Å². The fourth-order valence-corrected chi connectivity index (χ4v) is 2.85. The third kappa shape index (κ3) is 7.81. The van der Waals surface area contributed by atoms with Gasteiger partial charge in [0.1, 0.15) is 6.10 Å². The molecule has 0 spiro atoms. The number of hydrogen-bond donors (Lipinski definition) is 2. The molecule has 0 fully saturated rings. The summed E-state index contributed by atoms with van der Waals surface area (Å²) >= 11 is 0. The molecule has 0 heterocycles. The monoisotopic (exact) mass is 322 g/mol. The molecule has 21 heavy (non-hydrogen) atoms. The smallest absolute Gasteiger partial charge is 0.330 e. The van der Waals surface area contributed by atoms with E-state index in [2.05, 4.69) is 6.58 Å². The Balaban J connectivity index is 4.80. The number of esters is 1. The van der Waals surface area contributed by atoms with Gasteiger partial charge in [0.15, 0.2) is 0 Å². The molecule has 0 bridgehead atoms. The van der Waals surface area contributed by atoms with E-state index in [0.29, 0.717) is 19.3 Å². The minimum Gasteiger partial charge on any atom is -0.481 e. The van der Waals surface area contributed by atoms with Gasteiger partial charge in [-0.2, -0.15) is 8.42 Å². The third-order valence-electron chi connectivity index (χ3n) is 3.32. The van der Waals surface area contributed by atoms with Crippen LogP contribution in [0.5, 0.6) is 0 Å². The number of aliphatic carboxylic acids is 1. The second-order valence-electron chi connectivity index (χ2n) is 4.87. The van der Waals surface area contributed by atoms with Crippen molar-refractivity contribution in [2.75, 3.05) is 0 Å². The van der Waals surface area contributed by atoms with Crippen molar-refractivity contribution in [3.63, 3.8) is 0 Å². The highest BCUT2D eigenvalue weighted by Crippen LogP contribution is 2.24. The lowest BCUT2D eigenvalue weighted by molar-refractivity contribution is -0.144. The van der Waals surface area contributed by atoms with Crippen LogP contribution in [0.4, 0.5) is 0 Å². The second-order valence-corrected chi connectivity index (χ2v) is 6.64. The van der Waals surface area contributed by atoms with Crippen LogP contribution in [0, 0.1) is 5.92 Å². The van der Waals surface area contributed by atoms with Crippen LogP contribution in [-0.2, 0) is 24.4 Å². The van der Waals surface area contributed by atoms with Gasteiger partial charge < -0.3 is 9.84 Å². The highest BCUT2D eigenvalue weighted by atomic mass is 32.2. The molecular weight excluding hydrogens is 300 g/mol. The number of ether oxygens (including phenoxy) is 1. The zero-order valence-electron chi connectivity index (χ0n) is 12.2. The summed E-state index contributed by atoms with van der Waals surface area (Å²) in [5.41, 5.74) is 0. The summed E-state index contributed by atoms with van der Waals surface area (Å²) in [6, 6.07) is 0. The molecule has 7 nitrogen and oxygen atoms in total. The first-order chi connectivity index (χ1) is 9.59. The summed E-state index contributed by atoms with van der Waals surface area (Å²) in [6.07, 6.45) is 1.36. The van der Waals surface area contributed by atoms with E-state index >= 15 is 0 Å². The quantitative estimate of drug-likeness (QED) is 0.272. The van der Waals surface area contributed by atoms with Crippen molar-refractivity contribution in [2.45, 2.75) is 50.9 Å². The molecule has 0 aromatic carbocycles. The Bertz CT molecular complexity index is 469. The van der Waals surface area contributed by atoms with Crippen molar-refractivity contribution >= 4 is 22.1 Å². The van der Waals surface area contributed by atoms with Crippen LogP contribution in [0.25, 0.3) is 0 Å². The normalized spacial score (nSPS) is 15.8. The van der Waals surface area contributed by atoms with E-state index in [-0.39, 0.29) is 6.42 Å². The molecule has 8 heteroatoms. The molecule has 0 amide bonds. The summed E-state index contributed by atoms with van der Waals surface area (Å²) < 4.78 is 36.7. The summed E-state index contributed by atoms with van der Waals surface area (Å²) in [7, 11) is -4.28. The number of carboxylic acid groups (broad SMARTS) is 1. The number of carbonyl (C=O) groups excluding carboxylic acids is 1. The van der Waals surface area contributed by atoms with E-state index in [4.69, 9.17) is 14.4 Å². The van der Waals surface area contributed by atoms with Crippen LogP contribution in [0.1, 0.15) is 39.5 Å². The van der Waals surface area contributed by atoms with Gasteiger partial charge in [-0.1, -0.05) is 13.0 Å². The van der Waals surface area contributed by atoms with E-state index in [1.165, 1.54) is 13.8 Å². The number of unbranched alkanes of at least 4 members (excludes halogenated alkanes) is 1. The van der Waals surface area contributed by atoms with E-state index in [9.17, 15) is 18.0 Å². The Hall–Kier alpha value is -1.41. The Morgan fingerprint density at radius 1 is 1.29 bits per heavy atom. The Morgan fingerprint density at radius 2 is 1.86 bits per heavy atom. The average molecular weight is 322 g/mol. The number of carbonyl (C=O) groups is 2. The Kier molecular flexibility index (Phi) is 8.19. The molecule has 0 aliphatic heterocycles. The van der Waals surface area contributed by atoms with Crippen molar-refractivity contribution in [3.05, 3.63) is 12.7 Å². The molecule has 0 aliphatic rings. The molecule has 0 aliphatic carbocycles. The summed E-state index contributed by atoms with van der Waals surface area (Å²) in [6.45, 7) is 6.12. The SMILES string of the molecule is C=CC(=O)OC(C)C(CCCCC(=O)O)C(C)S(=O)(=O)O. The number of rotatable bonds is 10. The standard InChI is InChI=1S/C13H22O7S/c1-4-13(16)20-9(2)11(10(3)21(17,18)19)7-5-6-8-12(14)15/h4,9-11H,1,5-8H2,2-3H3,(H,14,15)(H,17,18,19). The maximum Gasteiger partial charge on any atom is 0.330 e. The molecule has 3 atom stereocenters. The first-order valence-corrected chi connectivity index (χ1v) is 8.11. The largest absolute Gasteiger partial charge is 0.481 e. The van der Waals surface area contributed by atoms with Crippen molar-refractivity contribution in [1.29, 1.82) is 0 Å². The van der Waals surface area contributed by atoms with E-state index in [1.807, 2.05) is 0 Å². The van der Waals surface area contributed by atoms with Gasteiger partial charge in [0.25, 0.3) is 10.1 Å². The highest BCUT2D eigenvalue weighted by molar-refractivity contribution is 7.86. The first-order valence-electron chi connectivity index (χ1n) is 6.60. The number of hydrogen-bond acceptors (Lipinski definition) is 5. The van der Waals surface area contributed by atoms with Gasteiger partial charge in [-0.05, 0) is 26.7 Å². The van der Waals surface area contributed by atoms with Crippen LogP contribution >= 0.6 is 0 Å². The van der Waals surface area contributed by atoms with Gasteiger partial charge in [-0.15, -0.1) is 0 Å². The molecule has 0 saturated heterocycles. The van der Waals surface area contributed by atoms with Gasteiger partial charge in [0.2, 0.25) is 0 Å². The van der Waals surface area contributed by atoms with E-state index in [0.717, 1.165) is 6.08 Å². The molecule has 0 saturated carbocycles. The van der Waals surface area contributed by atoms with Crippen molar-refractivity contribution in [3.8, 4) is 0 Å². The molecular formula is C13H22O7S. The van der Waals surface area contributed by atoms with Crippen LogP contribution in [-0.4, -0.2) is 41.4 Å². The maximum atomic E-state index is 11.3. The van der Waals surface area contributed by atoms with Gasteiger partial charge in [-0.3, -0.25) is 9.35 Å². The molecule has 0 aromatic rings. The fourth-order valence-electron chi connectivity index (χ4n) is 2.05. The Labute approximate surface area is 124 Å². The minimum atomic E-state index is -4.28. The lowest BCUT2D eigenvalue weighted by Gasteiger charge is -2.27. The predicted octanol–water partition coefficient (Wildman–Crippen LogP) is 1.64. The zero-order valence-corrected chi connectivity index (χ0v) is 13.0. The van der Waals surface area contributed by atoms with Crippen LogP contribution in [0.3, 0.4) is 0 Å². The lowest BCUT2D eigenvalue weighted by Crippen LogP contribution is -2.36. The summed E-state index contributed by atoms with van der Waals surface area (Å²) in [4.78, 5) is 21.6. The summed E-state index contributed by atoms with van der Waals surface area (Å²) in [5.74, 6) is -2.24. The second kappa shape index (κ2) is 8.78. The van der Waals surface area contributed by atoms with Gasteiger partial charge in [0.05, 0.1) is 5.25 Å². The Morgan fingerprint density at radius 3 is 2.29 bits per heavy atom. The molecule has 0 aromatic heterocycles. The lowest BCUT2D eigenvalue weighted by atomic mass is 9.93. The van der Waals surface area contributed by atoms with Crippen molar-refractivity contribution in [1.82, 2.24) is 0 Å². The van der Waals surface area contributed by atoms with E-state index in [1.54, 1.807) is 0 Å². The molecule has 0 rings (SSSR count). The average Bonchev–Trinajstić information content (AvgIpc) is 2.36. The first kappa shape index (κ1) is 19.6. The fraction of sp³-hybridized carbons (Fsp3) is 0.692. The van der Waals surface area contributed by atoms with Gasteiger partial charge >= 0.3 is 11.9 Å². The number of carboxylic acids is 1. The van der Waals surface area contributed by atoms with Crippen molar-refractivity contribution < 1.29 is 32.4 Å². The van der Waals surface area contributed by atoms with Gasteiger partial charge in [-0.25, -0.2) is 4.79 Å². The predicted molar refractivity (Wildman–Crippen MR) is 76.4 cm³/mol. The zero-order chi connectivity index (χ0) is 16.6. The molecule has 3 unspecified atom stereocenters.